The molecule has 24 heavy (non-hydrogen) atoms. The molecular weight excluding hydrogens is 322 g/mol. The Morgan fingerprint density at radius 2 is 1.67 bits per heavy atom. The first-order valence-corrected chi connectivity index (χ1v) is 9.36. The molecule has 0 fully saturated rings. The Labute approximate surface area is 144 Å². The third-order valence-electron chi connectivity index (χ3n) is 3.59. The van der Waals surface area contributed by atoms with Gasteiger partial charge in [0.25, 0.3) is 0 Å². The molecule has 0 atom stereocenters. The third-order valence-corrected chi connectivity index (χ3v) is 5.48. The molecule has 0 aliphatic carbocycles. The van der Waals surface area contributed by atoms with Crippen LogP contribution >= 0.6 is 0 Å². The highest BCUT2D eigenvalue weighted by Gasteiger charge is 2.25. The van der Waals surface area contributed by atoms with Crippen molar-refractivity contribution in [3.63, 3.8) is 0 Å². The molecule has 0 N–H and O–H groups in total. The van der Waals surface area contributed by atoms with Crippen molar-refractivity contribution < 1.29 is 13.2 Å². The first-order valence-electron chi connectivity index (χ1n) is 7.92. The van der Waals surface area contributed by atoms with Gasteiger partial charge in [0.05, 0.1) is 11.5 Å². The van der Waals surface area contributed by atoms with Gasteiger partial charge in [0.1, 0.15) is 5.75 Å². The summed E-state index contributed by atoms with van der Waals surface area (Å²) in [7, 11) is -3.65. The van der Waals surface area contributed by atoms with E-state index in [9.17, 15) is 8.42 Å². The van der Waals surface area contributed by atoms with E-state index < -0.39 is 10.0 Å². The van der Waals surface area contributed by atoms with Gasteiger partial charge in [-0.2, -0.15) is 4.31 Å². The van der Waals surface area contributed by atoms with E-state index in [4.69, 9.17) is 4.74 Å². The van der Waals surface area contributed by atoms with Gasteiger partial charge in [0, 0.05) is 23.9 Å². The Hall–Kier alpha value is -2.11. The van der Waals surface area contributed by atoms with Crippen molar-refractivity contribution in [2.75, 3.05) is 19.7 Å². The maximum Gasteiger partial charge on any atom is 0.244 e. The Kier molecular flexibility index (Phi) is 6.17. The molecule has 0 bridgehead atoms. The molecule has 0 saturated heterocycles. The Balaban J connectivity index is 2.60. The van der Waals surface area contributed by atoms with E-state index in [1.807, 2.05) is 25.1 Å². The Morgan fingerprint density at radius 1 is 1.04 bits per heavy atom. The molecule has 2 aromatic carbocycles. The normalized spacial score (nSPS) is 11.6. The lowest BCUT2D eigenvalue weighted by atomic mass is 10.1. The predicted octanol–water partition coefficient (Wildman–Crippen LogP) is 3.99. The van der Waals surface area contributed by atoms with Crippen LogP contribution in [0.25, 0.3) is 10.8 Å². The SMILES string of the molecule is C=CCN(CC=C)S(=O)(=O)c1ccc(OCCC)c2ccccc12. The van der Waals surface area contributed by atoms with E-state index in [1.54, 1.807) is 30.4 Å². The molecular formula is C19H23NO3S. The number of hydrogen-bond acceptors (Lipinski definition) is 3. The summed E-state index contributed by atoms with van der Waals surface area (Å²) in [6.45, 7) is 10.4. The van der Waals surface area contributed by atoms with E-state index >= 15 is 0 Å². The summed E-state index contributed by atoms with van der Waals surface area (Å²) in [4.78, 5) is 0.269. The fourth-order valence-electron chi connectivity index (χ4n) is 2.50. The molecule has 2 aromatic rings. The minimum Gasteiger partial charge on any atom is -0.493 e. The average molecular weight is 345 g/mol. The minimum absolute atomic E-state index is 0.233. The highest BCUT2D eigenvalue weighted by molar-refractivity contribution is 7.89. The molecule has 0 saturated carbocycles. The second-order valence-electron chi connectivity index (χ2n) is 5.36. The number of hydrogen-bond donors (Lipinski definition) is 0. The summed E-state index contributed by atoms with van der Waals surface area (Å²) in [6.07, 6.45) is 4.03. The standard InChI is InChI=1S/C19H23NO3S/c1-4-13-20(14-5-2)24(21,22)19-12-11-18(23-15-6-3)16-9-7-8-10-17(16)19/h4-5,7-12H,1-2,6,13-15H2,3H3. The number of sulfonamides is 1. The van der Waals surface area contributed by atoms with Crippen molar-refractivity contribution in [3.05, 3.63) is 61.7 Å². The second-order valence-corrected chi connectivity index (χ2v) is 7.26. The van der Waals surface area contributed by atoms with Gasteiger partial charge in [0.2, 0.25) is 10.0 Å². The molecule has 2 rings (SSSR count). The quantitative estimate of drug-likeness (QED) is 0.646. The lowest BCUT2D eigenvalue weighted by Gasteiger charge is -2.21. The molecule has 0 aliphatic heterocycles. The van der Waals surface area contributed by atoms with Crippen molar-refractivity contribution in [3.8, 4) is 5.75 Å². The van der Waals surface area contributed by atoms with Gasteiger partial charge in [-0.3, -0.25) is 0 Å². The van der Waals surface area contributed by atoms with Crippen LogP contribution in [0.15, 0.2) is 66.6 Å². The lowest BCUT2D eigenvalue weighted by molar-refractivity contribution is 0.321. The lowest BCUT2D eigenvalue weighted by Crippen LogP contribution is -2.31. The van der Waals surface area contributed by atoms with Crippen LogP contribution in [-0.2, 0) is 10.0 Å². The highest BCUT2D eigenvalue weighted by atomic mass is 32.2. The van der Waals surface area contributed by atoms with Crippen LogP contribution in [0.4, 0.5) is 0 Å². The highest BCUT2D eigenvalue weighted by Crippen LogP contribution is 2.32. The zero-order valence-electron chi connectivity index (χ0n) is 13.9. The van der Waals surface area contributed by atoms with Crippen molar-refractivity contribution >= 4 is 20.8 Å². The van der Waals surface area contributed by atoms with Gasteiger partial charge < -0.3 is 4.74 Å². The van der Waals surface area contributed by atoms with E-state index in [1.165, 1.54) is 4.31 Å². The van der Waals surface area contributed by atoms with E-state index in [0.717, 1.165) is 11.8 Å². The Bertz CT molecular complexity index is 818. The number of rotatable bonds is 9. The third kappa shape index (κ3) is 3.68. The fourth-order valence-corrected chi connectivity index (χ4v) is 4.08. The number of fused-ring (bicyclic) bond motifs is 1. The van der Waals surface area contributed by atoms with Gasteiger partial charge in [-0.25, -0.2) is 8.42 Å². The van der Waals surface area contributed by atoms with Gasteiger partial charge in [-0.05, 0) is 18.6 Å². The fraction of sp³-hybridized carbons (Fsp3) is 0.263. The van der Waals surface area contributed by atoms with Crippen molar-refractivity contribution in [2.45, 2.75) is 18.2 Å². The van der Waals surface area contributed by atoms with Crippen LogP contribution in [0, 0.1) is 0 Å². The molecule has 0 spiro atoms. The van der Waals surface area contributed by atoms with Crippen LogP contribution in [0.5, 0.6) is 5.75 Å². The summed E-state index contributed by atoms with van der Waals surface area (Å²) in [5, 5.41) is 1.45. The molecule has 0 unspecified atom stereocenters. The predicted molar refractivity (Wildman–Crippen MR) is 98.9 cm³/mol. The van der Waals surface area contributed by atoms with Crippen molar-refractivity contribution in [2.24, 2.45) is 0 Å². The summed E-state index contributed by atoms with van der Waals surface area (Å²) in [5.41, 5.74) is 0. The second kappa shape index (κ2) is 8.13. The van der Waals surface area contributed by atoms with Gasteiger partial charge in [-0.15, -0.1) is 13.2 Å². The molecule has 0 aromatic heterocycles. The van der Waals surface area contributed by atoms with E-state index in [-0.39, 0.29) is 18.0 Å². The zero-order chi connectivity index (χ0) is 17.6. The van der Waals surface area contributed by atoms with Gasteiger partial charge in [0.15, 0.2) is 0 Å². The van der Waals surface area contributed by atoms with Crippen molar-refractivity contribution in [1.82, 2.24) is 4.31 Å². The van der Waals surface area contributed by atoms with E-state index in [2.05, 4.69) is 13.2 Å². The number of benzene rings is 2. The molecule has 0 aliphatic rings. The first kappa shape index (κ1) is 18.2. The first-order chi connectivity index (χ1) is 11.6. The van der Waals surface area contributed by atoms with Gasteiger partial charge in [-0.1, -0.05) is 43.3 Å². The van der Waals surface area contributed by atoms with Crippen LogP contribution in [-0.4, -0.2) is 32.4 Å². The van der Waals surface area contributed by atoms with Crippen molar-refractivity contribution in [1.29, 1.82) is 0 Å². The molecule has 0 radical (unpaired) electrons. The molecule has 0 amide bonds. The number of nitrogens with zero attached hydrogens (tertiary/aromatic N) is 1. The summed E-state index contributed by atoms with van der Waals surface area (Å²) in [5.74, 6) is 0.699. The molecule has 128 valence electrons. The smallest absolute Gasteiger partial charge is 0.244 e. The van der Waals surface area contributed by atoms with Crippen LogP contribution in [0.1, 0.15) is 13.3 Å². The van der Waals surface area contributed by atoms with Crippen LogP contribution in [0.2, 0.25) is 0 Å². The van der Waals surface area contributed by atoms with Gasteiger partial charge >= 0.3 is 0 Å². The molecule has 0 heterocycles. The summed E-state index contributed by atoms with van der Waals surface area (Å²) in [6, 6.07) is 10.7. The molecule has 5 heteroatoms. The maximum atomic E-state index is 13.0. The largest absolute Gasteiger partial charge is 0.493 e. The summed E-state index contributed by atoms with van der Waals surface area (Å²) < 4.78 is 33.2. The maximum absolute atomic E-state index is 13.0. The topological polar surface area (TPSA) is 46.6 Å². The van der Waals surface area contributed by atoms with Crippen LogP contribution < -0.4 is 4.74 Å². The van der Waals surface area contributed by atoms with Crippen LogP contribution in [0.3, 0.4) is 0 Å². The monoisotopic (exact) mass is 345 g/mol. The zero-order valence-corrected chi connectivity index (χ0v) is 14.8. The number of ether oxygens (including phenoxy) is 1. The van der Waals surface area contributed by atoms with E-state index in [0.29, 0.717) is 17.7 Å². The molecule has 4 nitrogen and oxygen atoms in total. The summed E-state index contributed by atoms with van der Waals surface area (Å²) >= 11 is 0. The Morgan fingerprint density at radius 3 is 2.25 bits per heavy atom. The average Bonchev–Trinajstić information content (AvgIpc) is 2.59. The minimum atomic E-state index is -3.65.